The monoisotopic (exact) mass is 277 g/mol. The maximum Gasteiger partial charge on any atom is 0.240 e. The lowest BCUT2D eigenvalue weighted by Crippen LogP contribution is -2.34. The molecule has 1 atom stereocenters. The summed E-state index contributed by atoms with van der Waals surface area (Å²) in [6, 6.07) is 6.05. The van der Waals surface area contributed by atoms with Gasteiger partial charge in [0, 0.05) is 11.9 Å². The molecule has 0 aliphatic carbocycles. The molecule has 0 aliphatic heterocycles. The molecule has 0 amide bonds. The maximum absolute atomic E-state index is 11.8. The molecular weight excluding hydrogens is 262 g/mol. The van der Waals surface area contributed by atoms with Gasteiger partial charge in [0.2, 0.25) is 10.0 Å². The lowest BCUT2D eigenvalue weighted by Gasteiger charge is -2.11. The predicted octanol–water partition coefficient (Wildman–Crippen LogP) is 1.13. The highest BCUT2D eigenvalue weighted by Crippen LogP contribution is 2.11. The normalized spacial score (nSPS) is 13.6. The van der Waals surface area contributed by atoms with Crippen LogP contribution in [0.1, 0.15) is 12.5 Å². The second-order valence-corrected chi connectivity index (χ2v) is 5.88. The first-order chi connectivity index (χ1) is 7.99. The van der Waals surface area contributed by atoms with Crippen LogP contribution in [0.15, 0.2) is 29.2 Å². The Labute approximate surface area is 107 Å². The van der Waals surface area contributed by atoms with Crippen LogP contribution in [-0.4, -0.2) is 32.1 Å². The van der Waals surface area contributed by atoms with Crippen LogP contribution >= 0.6 is 11.6 Å². The van der Waals surface area contributed by atoms with Gasteiger partial charge < -0.3 is 5.11 Å². The Balaban J connectivity index is 2.85. The quantitative estimate of drug-likeness (QED) is 0.766. The van der Waals surface area contributed by atoms with Crippen LogP contribution in [0.4, 0.5) is 0 Å². The van der Waals surface area contributed by atoms with E-state index >= 15 is 0 Å². The Bertz CT molecular complexity index is 444. The smallest absolute Gasteiger partial charge is 0.240 e. The molecule has 0 saturated carbocycles. The Morgan fingerprint density at radius 1 is 1.35 bits per heavy atom. The predicted molar refractivity (Wildman–Crippen MR) is 67.7 cm³/mol. The Kier molecular flexibility index (Phi) is 5.39. The van der Waals surface area contributed by atoms with Crippen molar-refractivity contribution in [3.05, 3.63) is 29.8 Å². The molecular formula is C11H16ClNO3S. The molecule has 1 aromatic carbocycles. The number of alkyl halides is 1. The van der Waals surface area contributed by atoms with E-state index in [1.165, 1.54) is 12.1 Å². The molecule has 1 rings (SSSR count). The molecule has 1 aromatic rings. The van der Waals surface area contributed by atoms with Crippen LogP contribution in [0.25, 0.3) is 0 Å². The molecule has 6 heteroatoms. The topological polar surface area (TPSA) is 66.4 Å². The summed E-state index contributed by atoms with van der Waals surface area (Å²) in [6.45, 7) is 1.36. The minimum Gasteiger partial charge on any atom is -0.395 e. The van der Waals surface area contributed by atoms with E-state index in [-0.39, 0.29) is 11.5 Å². The molecule has 1 unspecified atom stereocenters. The summed E-state index contributed by atoms with van der Waals surface area (Å²) in [5.41, 5.74) is 0.995. The number of sulfonamides is 1. The first-order valence-corrected chi connectivity index (χ1v) is 7.29. The first kappa shape index (κ1) is 14.4. The van der Waals surface area contributed by atoms with E-state index in [1.807, 2.05) is 0 Å². The van der Waals surface area contributed by atoms with Crippen molar-refractivity contribution in [2.45, 2.75) is 24.3 Å². The summed E-state index contributed by atoms with van der Waals surface area (Å²) in [5, 5.41) is 8.82. The number of rotatable bonds is 6. The molecule has 96 valence electrons. The molecule has 4 nitrogen and oxygen atoms in total. The van der Waals surface area contributed by atoms with Gasteiger partial charge in [-0.1, -0.05) is 12.1 Å². The molecule has 0 aliphatic rings. The van der Waals surface area contributed by atoms with Gasteiger partial charge in [0.25, 0.3) is 0 Å². The molecule has 0 heterocycles. The minimum absolute atomic E-state index is 0.191. The molecule has 0 aromatic heterocycles. The van der Waals surface area contributed by atoms with Crippen LogP contribution < -0.4 is 4.72 Å². The molecule has 0 bridgehead atoms. The molecule has 17 heavy (non-hydrogen) atoms. The zero-order valence-electron chi connectivity index (χ0n) is 9.56. The third-order valence-corrected chi connectivity index (χ3v) is 4.04. The number of nitrogens with one attached hydrogen (secondary N) is 1. The minimum atomic E-state index is -3.55. The average Bonchev–Trinajstić information content (AvgIpc) is 2.29. The maximum atomic E-state index is 11.8. The van der Waals surface area contributed by atoms with Crippen molar-refractivity contribution in [3.63, 3.8) is 0 Å². The van der Waals surface area contributed by atoms with Crippen molar-refractivity contribution in [3.8, 4) is 0 Å². The summed E-state index contributed by atoms with van der Waals surface area (Å²) in [6.07, 6.45) is 0.711. The fraction of sp³-hybridized carbons (Fsp3) is 0.455. The third-order valence-electron chi connectivity index (χ3n) is 2.25. The standard InChI is InChI=1S/C11H16ClNO3S/c1-9(8-14)13-17(15,16)11-4-2-10(3-5-11)6-7-12/h2-5,9,13-14H,6-8H2,1H3. The van der Waals surface area contributed by atoms with Gasteiger partial charge in [-0.15, -0.1) is 11.6 Å². The number of aliphatic hydroxyl groups is 1. The third kappa shape index (κ3) is 4.27. The average molecular weight is 278 g/mol. The van der Waals surface area contributed by atoms with Crippen molar-refractivity contribution in [1.29, 1.82) is 0 Å². The second kappa shape index (κ2) is 6.35. The fourth-order valence-electron chi connectivity index (χ4n) is 1.31. The molecule has 0 radical (unpaired) electrons. The zero-order chi connectivity index (χ0) is 12.9. The summed E-state index contributed by atoms with van der Waals surface area (Å²) in [5.74, 6) is 0.506. The lowest BCUT2D eigenvalue weighted by atomic mass is 10.2. The zero-order valence-corrected chi connectivity index (χ0v) is 11.1. The van der Waals surface area contributed by atoms with E-state index in [2.05, 4.69) is 4.72 Å². The Morgan fingerprint density at radius 3 is 2.41 bits per heavy atom. The number of benzene rings is 1. The van der Waals surface area contributed by atoms with E-state index in [9.17, 15) is 8.42 Å². The highest BCUT2D eigenvalue weighted by atomic mass is 35.5. The van der Waals surface area contributed by atoms with Gasteiger partial charge in [0.15, 0.2) is 0 Å². The van der Waals surface area contributed by atoms with Gasteiger partial charge in [-0.25, -0.2) is 13.1 Å². The van der Waals surface area contributed by atoms with Crippen LogP contribution in [0.3, 0.4) is 0 Å². The van der Waals surface area contributed by atoms with Gasteiger partial charge in [0.05, 0.1) is 11.5 Å². The van der Waals surface area contributed by atoms with Crippen molar-refractivity contribution in [2.24, 2.45) is 0 Å². The van der Waals surface area contributed by atoms with Crippen molar-refractivity contribution < 1.29 is 13.5 Å². The number of hydrogen-bond acceptors (Lipinski definition) is 3. The van der Waals surface area contributed by atoms with Gasteiger partial charge in [0.1, 0.15) is 0 Å². The molecule has 0 spiro atoms. The van der Waals surface area contributed by atoms with Gasteiger partial charge >= 0.3 is 0 Å². The van der Waals surface area contributed by atoms with E-state index in [1.54, 1.807) is 19.1 Å². The highest BCUT2D eigenvalue weighted by Gasteiger charge is 2.16. The Hall–Kier alpha value is -0.620. The molecule has 2 N–H and O–H groups in total. The van der Waals surface area contributed by atoms with Crippen LogP contribution in [-0.2, 0) is 16.4 Å². The van der Waals surface area contributed by atoms with Gasteiger partial charge in [-0.05, 0) is 31.0 Å². The number of aliphatic hydroxyl groups excluding tert-OH is 1. The number of halogens is 1. The van der Waals surface area contributed by atoms with Crippen LogP contribution in [0, 0.1) is 0 Å². The number of aryl methyl sites for hydroxylation is 1. The fourth-order valence-corrected chi connectivity index (χ4v) is 2.77. The highest BCUT2D eigenvalue weighted by molar-refractivity contribution is 7.89. The lowest BCUT2D eigenvalue weighted by molar-refractivity contribution is 0.265. The van der Waals surface area contributed by atoms with E-state index < -0.39 is 16.1 Å². The first-order valence-electron chi connectivity index (χ1n) is 5.27. The van der Waals surface area contributed by atoms with Crippen molar-refractivity contribution in [1.82, 2.24) is 4.72 Å². The van der Waals surface area contributed by atoms with Crippen molar-refractivity contribution in [2.75, 3.05) is 12.5 Å². The van der Waals surface area contributed by atoms with Crippen LogP contribution in [0.2, 0.25) is 0 Å². The summed E-state index contributed by atoms with van der Waals surface area (Å²) < 4.78 is 26.0. The largest absolute Gasteiger partial charge is 0.395 e. The van der Waals surface area contributed by atoms with E-state index in [0.717, 1.165) is 5.56 Å². The van der Waals surface area contributed by atoms with E-state index in [0.29, 0.717) is 12.3 Å². The Morgan fingerprint density at radius 2 is 1.94 bits per heavy atom. The summed E-state index contributed by atoms with van der Waals surface area (Å²) in [7, 11) is -3.55. The van der Waals surface area contributed by atoms with Gasteiger partial charge in [-0.3, -0.25) is 0 Å². The second-order valence-electron chi connectivity index (χ2n) is 3.79. The summed E-state index contributed by atoms with van der Waals surface area (Å²) >= 11 is 5.60. The molecule has 0 saturated heterocycles. The van der Waals surface area contributed by atoms with Crippen LogP contribution in [0.5, 0.6) is 0 Å². The van der Waals surface area contributed by atoms with Crippen molar-refractivity contribution >= 4 is 21.6 Å². The number of hydrogen-bond donors (Lipinski definition) is 2. The SMILES string of the molecule is CC(CO)NS(=O)(=O)c1ccc(CCCl)cc1. The van der Waals surface area contributed by atoms with E-state index in [4.69, 9.17) is 16.7 Å². The summed E-state index contributed by atoms with van der Waals surface area (Å²) in [4.78, 5) is 0.191. The van der Waals surface area contributed by atoms with Gasteiger partial charge in [-0.2, -0.15) is 0 Å². The molecule has 0 fully saturated rings.